The van der Waals surface area contributed by atoms with Crippen LogP contribution in [0.15, 0.2) is 6.20 Å². The van der Waals surface area contributed by atoms with Gasteiger partial charge in [-0.1, -0.05) is 5.10 Å². The Labute approximate surface area is 77.9 Å². The Hall–Kier alpha value is -1.92. The predicted molar refractivity (Wildman–Crippen MR) is 43.7 cm³/mol. The summed E-state index contributed by atoms with van der Waals surface area (Å²) < 4.78 is 0. The molecule has 2 N–H and O–H groups in total. The first-order valence-corrected chi connectivity index (χ1v) is 4.01. The highest BCUT2D eigenvalue weighted by Crippen LogP contribution is 2.49. The summed E-state index contributed by atoms with van der Waals surface area (Å²) in [5.74, 6) is -1.86. The van der Waals surface area contributed by atoms with Crippen molar-refractivity contribution in [1.82, 2.24) is 10.2 Å². The summed E-state index contributed by atoms with van der Waals surface area (Å²) in [7, 11) is 0. The minimum Gasteiger partial charge on any atom is -0.481 e. The Morgan fingerprint density at radius 3 is 3.00 bits per heavy atom. The van der Waals surface area contributed by atoms with Gasteiger partial charge in [0.05, 0.1) is 17.7 Å². The largest absolute Gasteiger partial charge is 0.481 e. The Kier molecular flexibility index (Phi) is 1.73. The molecule has 0 unspecified atom stereocenters. The fourth-order valence-corrected chi connectivity index (χ4v) is 1.52. The third-order valence-electron chi connectivity index (χ3n) is 2.34. The Bertz CT molecular complexity index is 399. The van der Waals surface area contributed by atoms with E-state index >= 15 is 0 Å². The normalized spacial score (nSPS) is 24.6. The maximum atomic E-state index is 10.5. The van der Waals surface area contributed by atoms with Crippen LogP contribution in [0.3, 0.4) is 0 Å². The monoisotopic (exact) mass is 197 g/mol. The first kappa shape index (κ1) is 8.67. The fraction of sp³-hybridized carbons (Fsp3) is 0.429. The number of hydrogen-bond acceptors (Lipinski definition) is 4. The first-order valence-electron chi connectivity index (χ1n) is 4.01. The lowest BCUT2D eigenvalue weighted by Gasteiger charge is -1.94. The molecule has 1 aliphatic rings. The molecule has 74 valence electrons. The van der Waals surface area contributed by atoms with Crippen molar-refractivity contribution in [2.75, 3.05) is 0 Å². The van der Waals surface area contributed by atoms with E-state index in [0.717, 1.165) is 0 Å². The second kappa shape index (κ2) is 2.79. The molecule has 0 bridgehead atoms. The molecule has 7 heteroatoms. The van der Waals surface area contributed by atoms with Gasteiger partial charge in [0.1, 0.15) is 0 Å². The number of H-pyrrole nitrogens is 1. The summed E-state index contributed by atoms with van der Waals surface area (Å²) in [6.07, 6.45) is 1.78. The maximum Gasteiger partial charge on any atom is 0.346 e. The molecule has 2 atom stereocenters. The molecular weight excluding hydrogens is 190 g/mol. The van der Waals surface area contributed by atoms with Crippen LogP contribution < -0.4 is 0 Å². The van der Waals surface area contributed by atoms with Gasteiger partial charge in [0.2, 0.25) is 0 Å². The predicted octanol–water partition coefficient (Wildman–Crippen LogP) is 0.506. The van der Waals surface area contributed by atoms with Crippen LogP contribution in [-0.4, -0.2) is 26.2 Å². The molecule has 14 heavy (non-hydrogen) atoms. The third kappa shape index (κ3) is 1.22. The summed E-state index contributed by atoms with van der Waals surface area (Å²) in [5, 5.41) is 24.9. The molecule has 0 radical (unpaired) electrons. The summed E-state index contributed by atoms with van der Waals surface area (Å²) in [5.41, 5.74) is 0.391. The number of nitrogens with one attached hydrogen (secondary N) is 1. The molecule has 1 aliphatic carbocycles. The van der Waals surface area contributed by atoms with Gasteiger partial charge in [0, 0.05) is 5.92 Å². The summed E-state index contributed by atoms with van der Waals surface area (Å²) in [6, 6.07) is 0. The molecule has 1 aromatic heterocycles. The molecule has 2 rings (SSSR count). The fourth-order valence-electron chi connectivity index (χ4n) is 1.52. The second-order valence-electron chi connectivity index (χ2n) is 3.22. The number of hydrogen-bond donors (Lipinski definition) is 2. The smallest absolute Gasteiger partial charge is 0.346 e. The van der Waals surface area contributed by atoms with Gasteiger partial charge in [0.15, 0.2) is 0 Å². The molecule has 1 fully saturated rings. The van der Waals surface area contributed by atoms with Crippen LogP contribution in [0, 0.1) is 16.0 Å². The molecule has 0 aromatic carbocycles. The van der Waals surface area contributed by atoms with Gasteiger partial charge < -0.3 is 15.2 Å². The van der Waals surface area contributed by atoms with Gasteiger partial charge >= 0.3 is 11.8 Å². The molecular formula is C7H7N3O4. The minimum atomic E-state index is -0.912. The number of aromatic amines is 1. The highest BCUT2D eigenvalue weighted by molar-refractivity contribution is 5.75. The molecule has 1 saturated carbocycles. The Morgan fingerprint density at radius 2 is 2.50 bits per heavy atom. The van der Waals surface area contributed by atoms with Gasteiger partial charge in [0.25, 0.3) is 0 Å². The Morgan fingerprint density at radius 1 is 1.79 bits per heavy atom. The first-order chi connectivity index (χ1) is 6.61. The number of carboxylic acid groups (broad SMARTS) is 1. The van der Waals surface area contributed by atoms with E-state index in [1.54, 1.807) is 0 Å². The highest BCUT2D eigenvalue weighted by atomic mass is 16.6. The van der Waals surface area contributed by atoms with Crippen molar-refractivity contribution in [2.24, 2.45) is 5.92 Å². The van der Waals surface area contributed by atoms with Gasteiger partial charge in [-0.2, -0.15) is 0 Å². The van der Waals surface area contributed by atoms with Crippen LogP contribution in [0.4, 0.5) is 5.82 Å². The lowest BCUT2D eigenvalue weighted by Crippen LogP contribution is -2.00. The molecule has 0 spiro atoms. The van der Waals surface area contributed by atoms with E-state index in [-0.39, 0.29) is 11.7 Å². The highest BCUT2D eigenvalue weighted by Gasteiger charge is 2.47. The van der Waals surface area contributed by atoms with Crippen molar-refractivity contribution in [3.63, 3.8) is 0 Å². The van der Waals surface area contributed by atoms with E-state index in [9.17, 15) is 14.9 Å². The lowest BCUT2D eigenvalue weighted by atomic mass is 10.2. The van der Waals surface area contributed by atoms with Crippen LogP contribution in [0.5, 0.6) is 0 Å². The van der Waals surface area contributed by atoms with Crippen molar-refractivity contribution in [2.45, 2.75) is 12.3 Å². The maximum absolute atomic E-state index is 10.5. The van der Waals surface area contributed by atoms with E-state index in [1.807, 2.05) is 0 Å². The van der Waals surface area contributed by atoms with E-state index in [0.29, 0.717) is 12.0 Å². The van der Waals surface area contributed by atoms with Gasteiger partial charge in [-0.25, -0.2) is 0 Å². The van der Waals surface area contributed by atoms with Crippen LogP contribution >= 0.6 is 0 Å². The zero-order chi connectivity index (χ0) is 10.3. The standard InChI is InChI=1S/C7H7N3O4/c11-7(12)4-1-3(4)5-2-8-9-6(5)10(13)14/h2-4H,1H2,(H,8,9)(H,11,12)/t3-,4-/m1/s1. The van der Waals surface area contributed by atoms with Crippen molar-refractivity contribution >= 4 is 11.8 Å². The van der Waals surface area contributed by atoms with E-state index < -0.39 is 16.8 Å². The number of aromatic nitrogens is 2. The van der Waals surface area contributed by atoms with Crippen LogP contribution in [0.1, 0.15) is 17.9 Å². The zero-order valence-corrected chi connectivity index (χ0v) is 7.01. The van der Waals surface area contributed by atoms with Crippen LogP contribution in [0.25, 0.3) is 0 Å². The molecule has 0 aliphatic heterocycles. The quantitative estimate of drug-likeness (QED) is 0.541. The number of nitro groups is 1. The molecule has 0 amide bonds. The van der Waals surface area contributed by atoms with Crippen molar-refractivity contribution in [1.29, 1.82) is 0 Å². The number of aliphatic carboxylic acids is 1. The van der Waals surface area contributed by atoms with Gasteiger partial charge in [-0.15, -0.1) is 5.10 Å². The van der Waals surface area contributed by atoms with Crippen LogP contribution in [0.2, 0.25) is 0 Å². The second-order valence-corrected chi connectivity index (χ2v) is 3.22. The average Bonchev–Trinajstić information content (AvgIpc) is 2.75. The third-order valence-corrected chi connectivity index (χ3v) is 2.34. The van der Waals surface area contributed by atoms with E-state index in [4.69, 9.17) is 5.11 Å². The number of rotatable bonds is 3. The van der Waals surface area contributed by atoms with Crippen LogP contribution in [-0.2, 0) is 4.79 Å². The minimum absolute atomic E-state index is 0.196. The topological polar surface area (TPSA) is 109 Å². The van der Waals surface area contributed by atoms with E-state index in [1.165, 1.54) is 6.20 Å². The molecule has 7 nitrogen and oxygen atoms in total. The summed E-state index contributed by atoms with van der Waals surface area (Å²) in [6.45, 7) is 0. The SMILES string of the molecule is O=C(O)[C@@H]1C[C@H]1c1cn[nH]c1[N+](=O)[O-]. The van der Waals surface area contributed by atoms with Crippen molar-refractivity contribution < 1.29 is 14.8 Å². The Balaban J connectivity index is 2.23. The molecule has 1 heterocycles. The summed E-state index contributed by atoms with van der Waals surface area (Å²) in [4.78, 5) is 20.4. The van der Waals surface area contributed by atoms with Crippen molar-refractivity contribution in [3.05, 3.63) is 21.9 Å². The zero-order valence-electron chi connectivity index (χ0n) is 7.01. The molecule has 1 aromatic rings. The summed E-state index contributed by atoms with van der Waals surface area (Å²) >= 11 is 0. The van der Waals surface area contributed by atoms with Gasteiger partial charge in [-0.05, 0) is 11.3 Å². The lowest BCUT2D eigenvalue weighted by molar-refractivity contribution is -0.390. The van der Waals surface area contributed by atoms with Gasteiger partial charge in [-0.3, -0.25) is 4.79 Å². The number of carbonyl (C=O) groups is 1. The number of nitrogens with zero attached hydrogens (tertiary/aromatic N) is 2. The molecule has 0 saturated heterocycles. The van der Waals surface area contributed by atoms with Crippen molar-refractivity contribution in [3.8, 4) is 0 Å². The number of carboxylic acids is 1. The average molecular weight is 197 g/mol. The van der Waals surface area contributed by atoms with E-state index in [2.05, 4.69) is 10.2 Å².